The lowest BCUT2D eigenvalue weighted by Gasteiger charge is -2.08. The van der Waals surface area contributed by atoms with Crippen LogP contribution in [-0.4, -0.2) is 22.2 Å². The number of hydrogen-bond donors (Lipinski definition) is 1. The van der Waals surface area contributed by atoms with Crippen LogP contribution in [0, 0.1) is 0 Å². The lowest BCUT2D eigenvalue weighted by Crippen LogP contribution is -2.34. The minimum atomic E-state index is -0.278. The van der Waals surface area contributed by atoms with Gasteiger partial charge in [-0.25, -0.2) is 4.68 Å². The molecule has 25 heavy (non-hydrogen) atoms. The molecule has 1 aromatic carbocycles. The maximum atomic E-state index is 12.1. The van der Waals surface area contributed by atoms with E-state index in [4.69, 9.17) is 0 Å². The molecule has 2 heterocycles. The van der Waals surface area contributed by atoms with E-state index in [0.29, 0.717) is 12.2 Å². The smallest absolute Gasteiger partial charge is 0.267 e. The number of nitrogens with zero attached hydrogens (tertiary/aromatic N) is 2. The molecule has 128 valence electrons. The fourth-order valence-electron chi connectivity index (χ4n) is 2.47. The third-order valence-corrected chi connectivity index (χ3v) is 4.63. The van der Waals surface area contributed by atoms with Crippen molar-refractivity contribution in [3.63, 3.8) is 0 Å². The van der Waals surface area contributed by atoms with E-state index < -0.39 is 0 Å². The van der Waals surface area contributed by atoms with Crippen molar-refractivity contribution >= 4 is 17.2 Å². The summed E-state index contributed by atoms with van der Waals surface area (Å²) in [6.07, 6.45) is 1.76. The molecule has 0 aliphatic carbocycles. The zero-order valence-electron chi connectivity index (χ0n) is 13.7. The monoisotopic (exact) mass is 353 g/mol. The molecule has 3 rings (SSSR count). The van der Waals surface area contributed by atoms with Gasteiger partial charge in [-0.05, 0) is 35.9 Å². The Morgan fingerprint density at radius 3 is 2.68 bits per heavy atom. The van der Waals surface area contributed by atoms with E-state index in [9.17, 15) is 9.59 Å². The molecule has 0 saturated heterocycles. The van der Waals surface area contributed by atoms with Crippen LogP contribution in [0.15, 0.2) is 64.8 Å². The van der Waals surface area contributed by atoms with E-state index in [2.05, 4.69) is 22.5 Å². The molecule has 0 aliphatic rings. The number of aromatic nitrogens is 2. The topological polar surface area (TPSA) is 64.0 Å². The summed E-state index contributed by atoms with van der Waals surface area (Å²) in [4.78, 5) is 25.0. The summed E-state index contributed by atoms with van der Waals surface area (Å²) in [5.74, 6) is -0.203. The number of hydrogen-bond acceptors (Lipinski definition) is 4. The van der Waals surface area contributed by atoms with Gasteiger partial charge in [0.05, 0.1) is 4.88 Å². The van der Waals surface area contributed by atoms with Crippen LogP contribution < -0.4 is 10.9 Å². The second-order valence-corrected chi connectivity index (χ2v) is 6.58. The first-order valence-corrected chi connectivity index (χ1v) is 9.03. The number of amides is 1. The molecule has 6 heteroatoms. The van der Waals surface area contributed by atoms with Crippen molar-refractivity contribution in [2.24, 2.45) is 0 Å². The van der Waals surface area contributed by atoms with Gasteiger partial charge in [-0.3, -0.25) is 9.59 Å². The number of benzene rings is 1. The number of rotatable bonds is 7. The van der Waals surface area contributed by atoms with Crippen molar-refractivity contribution in [1.29, 1.82) is 0 Å². The van der Waals surface area contributed by atoms with E-state index >= 15 is 0 Å². The van der Waals surface area contributed by atoms with Gasteiger partial charge >= 0.3 is 0 Å². The summed E-state index contributed by atoms with van der Waals surface area (Å²) >= 11 is 1.55. The van der Waals surface area contributed by atoms with Crippen LogP contribution in [0.25, 0.3) is 10.6 Å². The average Bonchev–Trinajstić information content (AvgIpc) is 3.16. The van der Waals surface area contributed by atoms with Crippen molar-refractivity contribution in [3.05, 3.63) is 75.9 Å². The Balaban J connectivity index is 1.52. The average molecular weight is 353 g/mol. The zero-order valence-corrected chi connectivity index (χ0v) is 14.5. The first kappa shape index (κ1) is 17.1. The molecule has 0 bridgehead atoms. The first-order valence-electron chi connectivity index (χ1n) is 8.15. The molecule has 0 spiro atoms. The highest BCUT2D eigenvalue weighted by molar-refractivity contribution is 7.13. The zero-order chi connectivity index (χ0) is 17.5. The highest BCUT2D eigenvalue weighted by atomic mass is 32.1. The summed E-state index contributed by atoms with van der Waals surface area (Å²) in [6.45, 7) is 0.510. The standard InChI is InChI=1S/C19H19N3O2S/c23-18(20-12-4-8-15-6-2-1-3-7-15)14-22-19(24)11-10-16(21-22)17-9-5-13-25-17/h1-3,5-7,9-11,13H,4,8,12,14H2,(H,20,23). The Morgan fingerprint density at radius 1 is 1.08 bits per heavy atom. The summed E-state index contributed by atoms with van der Waals surface area (Å²) in [5.41, 5.74) is 1.67. The summed E-state index contributed by atoms with van der Waals surface area (Å²) in [7, 11) is 0. The molecule has 0 saturated carbocycles. The first-order chi connectivity index (χ1) is 12.2. The summed E-state index contributed by atoms with van der Waals surface area (Å²) in [5, 5.41) is 9.08. The molecule has 3 aromatic rings. The fourth-order valence-corrected chi connectivity index (χ4v) is 3.17. The number of carbonyl (C=O) groups excluding carboxylic acids is 1. The Hall–Kier alpha value is -2.73. The van der Waals surface area contributed by atoms with E-state index in [1.807, 2.05) is 35.7 Å². The van der Waals surface area contributed by atoms with Crippen LogP contribution in [0.2, 0.25) is 0 Å². The van der Waals surface area contributed by atoms with Gasteiger partial charge in [0.1, 0.15) is 12.2 Å². The van der Waals surface area contributed by atoms with Crippen LogP contribution in [0.4, 0.5) is 0 Å². The van der Waals surface area contributed by atoms with Crippen molar-refractivity contribution < 1.29 is 4.79 Å². The molecule has 0 atom stereocenters. The van der Waals surface area contributed by atoms with E-state index in [0.717, 1.165) is 17.7 Å². The van der Waals surface area contributed by atoms with E-state index in [1.54, 1.807) is 17.4 Å². The number of carbonyl (C=O) groups is 1. The van der Waals surface area contributed by atoms with Crippen molar-refractivity contribution in [2.45, 2.75) is 19.4 Å². The Labute approximate surface area is 150 Å². The van der Waals surface area contributed by atoms with Crippen LogP contribution >= 0.6 is 11.3 Å². The molecule has 0 aliphatic heterocycles. The largest absolute Gasteiger partial charge is 0.354 e. The fraction of sp³-hybridized carbons (Fsp3) is 0.211. The maximum Gasteiger partial charge on any atom is 0.267 e. The molecule has 0 radical (unpaired) electrons. The van der Waals surface area contributed by atoms with Gasteiger partial charge in [-0.2, -0.15) is 5.10 Å². The second kappa shape index (κ2) is 8.39. The Bertz CT molecular complexity index is 873. The maximum absolute atomic E-state index is 12.1. The molecular weight excluding hydrogens is 334 g/mol. The van der Waals surface area contributed by atoms with Gasteiger partial charge in [0, 0.05) is 12.6 Å². The highest BCUT2D eigenvalue weighted by Gasteiger charge is 2.08. The molecule has 0 fully saturated rings. The number of aryl methyl sites for hydroxylation is 1. The molecular formula is C19H19N3O2S. The van der Waals surface area contributed by atoms with Crippen LogP contribution in [-0.2, 0) is 17.8 Å². The van der Waals surface area contributed by atoms with Crippen molar-refractivity contribution in [1.82, 2.24) is 15.1 Å². The molecule has 1 N–H and O–H groups in total. The van der Waals surface area contributed by atoms with Crippen LogP contribution in [0.1, 0.15) is 12.0 Å². The summed E-state index contributed by atoms with van der Waals surface area (Å²) < 4.78 is 1.21. The predicted octanol–water partition coefficient (Wildman–Crippen LogP) is 2.72. The second-order valence-electron chi connectivity index (χ2n) is 5.63. The Morgan fingerprint density at radius 2 is 1.92 bits per heavy atom. The van der Waals surface area contributed by atoms with Gasteiger partial charge < -0.3 is 5.32 Å². The third-order valence-electron chi connectivity index (χ3n) is 3.74. The van der Waals surface area contributed by atoms with Gasteiger partial charge in [-0.1, -0.05) is 36.4 Å². The molecule has 5 nitrogen and oxygen atoms in total. The normalized spacial score (nSPS) is 10.6. The molecule has 1 amide bonds. The SMILES string of the molecule is O=C(Cn1nc(-c2cccs2)ccc1=O)NCCCc1ccccc1. The summed E-state index contributed by atoms with van der Waals surface area (Å²) in [6, 6.07) is 17.1. The number of nitrogens with one attached hydrogen (secondary N) is 1. The highest BCUT2D eigenvalue weighted by Crippen LogP contribution is 2.20. The quantitative estimate of drug-likeness (QED) is 0.664. The van der Waals surface area contributed by atoms with Gasteiger partial charge in [0.2, 0.25) is 5.91 Å². The van der Waals surface area contributed by atoms with E-state index in [1.165, 1.54) is 16.3 Å². The molecule has 2 aromatic heterocycles. The Kier molecular flexibility index (Phi) is 5.74. The van der Waals surface area contributed by atoms with Gasteiger partial charge in [0.25, 0.3) is 5.56 Å². The third kappa shape index (κ3) is 4.87. The van der Waals surface area contributed by atoms with E-state index in [-0.39, 0.29) is 18.0 Å². The lowest BCUT2D eigenvalue weighted by atomic mass is 10.1. The van der Waals surface area contributed by atoms with Gasteiger partial charge in [0.15, 0.2) is 0 Å². The van der Waals surface area contributed by atoms with Crippen LogP contribution in [0.5, 0.6) is 0 Å². The van der Waals surface area contributed by atoms with Crippen molar-refractivity contribution in [3.8, 4) is 10.6 Å². The van der Waals surface area contributed by atoms with Gasteiger partial charge in [-0.15, -0.1) is 11.3 Å². The minimum absolute atomic E-state index is 0.0661. The lowest BCUT2D eigenvalue weighted by molar-refractivity contribution is -0.121. The molecule has 0 unspecified atom stereocenters. The minimum Gasteiger partial charge on any atom is -0.354 e. The number of thiophene rings is 1. The van der Waals surface area contributed by atoms with Crippen LogP contribution in [0.3, 0.4) is 0 Å². The predicted molar refractivity (Wildman–Crippen MR) is 99.6 cm³/mol. The van der Waals surface area contributed by atoms with Crippen molar-refractivity contribution in [2.75, 3.05) is 6.54 Å².